The van der Waals surface area contributed by atoms with E-state index in [-0.39, 0.29) is 5.82 Å². The van der Waals surface area contributed by atoms with Crippen LogP contribution in [0.2, 0.25) is 0 Å². The van der Waals surface area contributed by atoms with E-state index in [0.29, 0.717) is 0 Å². The highest BCUT2D eigenvalue weighted by Crippen LogP contribution is 2.16. The van der Waals surface area contributed by atoms with Crippen molar-refractivity contribution < 1.29 is 4.39 Å². The van der Waals surface area contributed by atoms with Gasteiger partial charge in [0.25, 0.3) is 0 Å². The summed E-state index contributed by atoms with van der Waals surface area (Å²) in [5.74, 6) is 0.581. The molecule has 1 aromatic rings. The largest absolute Gasteiger partial charge is 0.329 e. The molecule has 0 bridgehead atoms. The highest BCUT2D eigenvalue weighted by molar-refractivity contribution is 5.15. The van der Waals surface area contributed by atoms with Crippen LogP contribution in [0.3, 0.4) is 0 Å². The molecule has 0 radical (unpaired) electrons. The fourth-order valence-electron chi connectivity index (χ4n) is 2.66. The van der Waals surface area contributed by atoms with Crippen molar-refractivity contribution in [3.05, 3.63) is 35.6 Å². The van der Waals surface area contributed by atoms with E-state index in [0.717, 1.165) is 50.7 Å². The van der Waals surface area contributed by atoms with Crippen molar-refractivity contribution in [1.82, 2.24) is 10.2 Å². The fraction of sp³-hybridized carbons (Fsp3) is 0.600. The lowest BCUT2D eigenvalue weighted by Crippen LogP contribution is -2.39. The van der Waals surface area contributed by atoms with Crippen molar-refractivity contribution in [2.24, 2.45) is 11.7 Å². The monoisotopic (exact) mass is 265 g/mol. The van der Waals surface area contributed by atoms with Crippen LogP contribution in [0.4, 0.5) is 4.39 Å². The van der Waals surface area contributed by atoms with Gasteiger partial charge in [-0.05, 0) is 56.1 Å². The van der Waals surface area contributed by atoms with Crippen molar-refractivity contribution in [3.63, 3.8) is 0 Å². The van der Waals surface area contributed by atoms with Gasteiger partial charge in [-0.15, -0.1) is 0 Å². The topological polar surface area (TPSA) is 41.3 Å². The summed E-state index contributed by atoms with van der Waals surface area (Å²) in [6.45, 7) is 5.85. The first-order valence-corrected chi connectivity index (χ1v) is 7.15. The van der Waals surface area contributed by atoms with E-state index in [2.05, 4.69) is 10.2 Å². The SMILES string of the molecule is NCCN1CCC(CNCc2cccc(F)c2)CC1. The van der Waals surface area contributed by atoms with Gasteiger partial charge in [-0.1, -0.05) is 12.1 Å². The molecule has 0 amide bonds. The second kappa shape index (κ2) is 7.58. The van der Waals surface area contributed by atoms with Crippen LogP contribution in [0.1, 0.15) is 18.4 Å². The number of rotatable bonds is 6. The molecule has 0 unspecified atom stereocenters. The van der Waals surface area contributed by atoms with Gasteiger partial charge in [0.05, 0.1) is 0 Å². The van der Waals surface area contributed by atoms with Crippen LogP contribution in [0, 0.1) is 11.7 Å². The number of nitrogens with one attached hydrogen (secondary N) is 1. The molecular weight excluding hydrogens is 241 g/mol. The number of hydrogen-bond donors (Lipinski definition) is 2. The number of benzene rings is 1. The van der Waals surface area contributed by atoms with Crippen LogP contribution in [0.15, 0.2) is 24.3 Å². The smallest absolute Gasteiger partial charge is 0.123 e. The van der Waals surface area contributed by atoms with Crippen molar-refractivity contribution in [2.45, 2.75) is 19.4 Å². The Morgan fingerprint density at radius 2 is 2.11 bits per heavy atom. The summed E-state index contributed by atoms with van der Waals surface area (Å²) in [6, 6.07) is 6.80. The molecule has 106 valence electrons. The number of likely N-dealkylation sites (tertiary alicyclic amines) is 1. The Labute approximate surface area is 115 Å². The molecule has 1 aliphatic heterocycles. The van der Waals surface area contributed by atoms with Gasteiger partial charge in [-0.2, -0.15) is 0 Å². The third-order valence-corrected chi connectivity index (χ3v) is 3.80. The summed E-state index contributed by atoms with van der Waals surface area (Å²) in [7, 11) is 0. The first kappa shape index (κ1) is 14.4. The average molecular weight is 265 g/mol. The Morgan fingerprint density at radius 3 is 2.79 bits per heavy atom. The van der Waals surface area contributed by atoms with E-state index in [1.54, 1.807) is 12.1 Å². The lowest BCUT2D eigenvalue weighted by atomic mass is 9.96. The third kappa shape index (κ3) is 4.90. The van der Waals surface area contributed by atoms with E-state index < -0.39 is 0 Å². The van der Waals surface area contributed by atoms with Gasteiger partial charge in [-0.25, -0.2) is 4.39 Å². The summed E-state index contributed by atoms with van der Waals surface area (Å²) < 4.78 is 13.0. The maximum atomic E-state index is 13.0. The zero-order valence-electron chi connectivity index (χ0n) is 11.4. The van der Waals surface area contributed by atoms with Crippen LogP contribution in [-0.2, 0) is 6.54 Å². The minimum atomic E-state index is -0.158. The highest BCUT2D eigenvalue weighted by atomic mass is 19.1. The van der Waals surface area contributed by atoms with Gasteiger partial charge in [0, 0.05) is 19.6 Å². The minimum absolute atomic E-state index is 0.158. The van der Waals surface area contributed by atoms with Gasteiger partial charge in [0.1, 0.15) is 5.82 Å². The van der Waals surface area contributed by atoms with Gasteiger partial charge >= 0.3 is 0 Å². The van der Waals surface area contributed by atoms with Crippen molar-refractivity contribution >= 4 is 0 Å². The van der Waals surface area contributed by atoms with Gasteiger partial charge in [-0.3, -0.25) is 0 Å². The third-order valence-electron chi connectivity index (χ3n) is 3.80. The maximum absolute atomic E-state index is 13.0. The second-order valence-corrected chi connectivity index (χ2v) is 5.33. The van der Waals surface area contributed by atoms with E-state index in [4.69, 9.17) is 5.73 Å². The van der Waals surface area contributed by atoms with Crippen molar-refractivity contribution in [3.8, 4) is 0 Å². The number of nitrogens with zero attached hydrogens (tertiary/aromatic N) is 1. The predicted molar refractivity (Wildman–Crippen MR) is 76.3 cm³/mol. The molecule has 0 spiro atoms. The van der Waals surface area contributed by atoms with Crippen LogP contribution in [0.25, 0.3) is 0 Å². The number of hydrogen-bond acceptors (Lipinski definition) is 3. The molecule has 1 aliphatic rings. The van der Waals surface area contributed by atoms with Crippen LogP contribution in [-0.4, -0.2) is 37.6 Å². The number of nitrogens with two attached hydrogens (primary N) is 1. The molecule has 0 aromatic heterocycles. The predicted octanol–water partition coefficient (Wildman–Crippen LogP) is 1.59. The molecule has 3 N–H and O–H groups in total. The molecule has 0 saturated carbocycles. The van der Waals surface area contributed by atoms with E-state index >= 15 is 0 Å². The average Bonchev–Trinajstić information content (AvgIpc) is 2.41. The molecule has 1 heterocycles. The number of piperidine rings is 1. The summed E-state index contributed by atoms with van der Waals surface area (Å²) in [5, 5.41) is 3.44. The zero-order chi connectivity index (χ0) is 13.5. The molecule has 1 aromatic carbocycles. The second-order valence-electron chi connectivity index (χ2n) is 5.33. The molecule has 3 nitrogen and oxygen atoms in total. The lowest BCUT2D eigenvalue weighted by molar-refractivity contribution is 0.186. The Balaban J connectivity index is 1.64. The first-order valence-electron chi connectivity index (χ1n) is 7.15. The van der Waals surface area contributed by atoms with Crippen LogP contribution < -0.4 is 11.1 Å². The highest BCUT2D eigenvalue weighted by Gasteiger charge is 2.17. The Kier molecular flexibility index (Phi) is 5.76. The molecule has 4 heteroatoms. The number of halogens is 1. The Bertz CT molecular complexity index is 375. The Hall–Kier alpha value is -0.970. The molecular formula is C15H24FN3. The van der Waals surface area contributed by atoms with Crippen molar-refractivity contribution in [1.29, 1.82) is 0 Å². The molecule has 1 fully saturated rings. The summed E-state index contributed by atoms with van der Waals surface area (Å²) >= 11 is 0. The normalized spacial score (nSPS) is 17.8. The summed E-state index contributed by atoms with van der Waals surface area (Å²) in [6.07, 6.45) is 2.46. The van der Waals surface area contributed by atoms with Gasteiger partial charge in [0.15, 0.2) is 0 Å². The Morgan fingerprint density at radius 1 is 1.32 bits per heavy atom. The minimum Gasteiger partial charge on any atom is -0.329 e. The molecule has 0 atom stereocenters. The quantitative estimate of drug-likeness (QED) is 0.820. The molecule has 0 aliphatic carbocycles. The van der Waals surface area contributed by atoms with E-state index in [9.17, 15) is 4.39 Å². The van der Waals surface area contributed by atoms with Gasteiger partial charge in [0.2, 0.25) is 0 Å². The van der Waals surface area contributed by atoms with Gasteiger partial charge < -0.3 is 16.0 Å². The molecule has 2 rings (SSSR count). The summed E-state index contributed by atoms with van der Waals surface area (Å²) in [5.41, 5.74) is 6.58. The lowest BCUT2D eigenvalue weighted by Gasteiger charge is -2.31. The molecule has 19 heavy (non-hydrogen) atoms. The summed E-state index contributed by atoms with van der Waals surface area (Å²) in [4.78, 5) is 2.43. The fourth-order valence-corrected chi connectivity index (χ4v) is 2.66. The van der Waals surface area contributed by atoms with Crippen LogP contribution in [0.5, 0.6) is 0 Å². The maximum Gasteiger partial charge on any atom is 0.123 e. The van der Waals surface area contributed by atoms with Crippen molar-refractivity contribution in [2.75, 3.05) is 32.7 Å². The molecule has 1 saturated heterocycles. The standard InChI is InChI=1S/C15H24FN3/c16-15-3-1-2-14(10-15)12-18-11-13-4-7-19(8-5-13)9-6-17/h1-3,10,13,18H,4-9,11-12,17H2. The zero-order valence-corrected chi connectivity index (χ0v) is 11.4. The first-order chi connectivity index (χ1) is 9.28. The van der Waals surface area contributed by atoms with E-state index in [1.165, 1.54) is 18.9 Å². The van der Waals surface area contributed by atoms with Crippen LogP contribution >= 0.6 is 0 Å². The van der Waals surface area contributed by atoms with E-state index in [1.807, 2.05) is 6.07 Å².